The number of aliphatic carboxylic acids is 1. The number of aromatic nitrogens is 1. The van der Waals surface area contributed by atoms with Crippen LogP contribution in [0, 0.1) is 12.3 Å². The number of carbonyl (C=O) groups is 3. The number of hydrogen-bond acceptors (Lipinski definition) is 5. The van der Waals surface area contributed by atoms with Crippen molar-refractivity contribution in [3.8, 4) is 0 Å². The molecule has 0 bridgehead atoms. The van der Waals surface area contributed by atoms with Crippen LogP contribution >= 0.6 is 0 Å². The summed E-state index contributed by atoms with van der Waals surface area (Å²) in [6.07, 6.45) is 2.25. The number of hydrogen-bond donors (Lipinski definition) is 7. The standard InChI is InChI=1S/C23H31N7O4/c1-13-2-3-15-10-16(28-18(15)8-13)11-19(22(33)34)29-20(31)4-6-27-21(32)17(24)9-14-5-7-30(12-14)23(25)26/h2-3,5,8,10,17,19,28H,4,6-7,9,11-12,24H2,1H3,(H3,25,26)(H,27,32)(H,29,31)(H,33,34). The molecule has 1 aromatic heterocycles. The van der Waals surface area contributed by atoms with Gasteiger partial charge in [0.2, 0.25) is 11.8 Å². The van der Waals surface area contributed by atoms with E-state index in [-0.39, 0.29) is 25.3 Å². The Morgan fingerprint density at radius 3 is 2.71 bits per heavy atom. The SMILES string of the molecule is Cc1ccc2cc(CC(NC(=O)CCNC(=O)C(N)CC3=CCN(C(=N)N)C3)C(=O)O)[nH]c2c1. The molecule has 0 radical (unpaired) electrons. The van der Waals surface area contributed by atoms with Crippen molar-refractivity contribution in [2.75, 3.05) is 19.6 Å². The predicted molar refractivity (Wildman–Crippen MR) is 128 cm³/mol. The van der Waals surface area contributed by atoms with Crippen LogP contribution in [0.4, 0.5) is 0 Å². The molecule has 0 fully saturated rings. The number of nitrogens with zero attached hydrogens (tertiary/aromatic N) is 1. The van der Waals surface area contributed by atoms with Gasteiger partial charge < -0.3 is 37.1 Å². The number of carboxylic acid groups (broad SMARTS) is 1. The molecule has 2 amide bonds. The zero-order chi connectivity index (χ0) is 24.8. The van der Waals surface area contributed by atoms with Crippen molar-refractivity contribution in [1.82, 2.24) is 20.5 Å². The summed E-state index contributed by atoms with van der Waals surface area (Å²) in [5.41, 5.74) is 15.0. The summed E-state index contributed by atoms with van der Waals surface area (Å²) in [4.78, 5) is 41.0. The third kappa shape index (κ3) is 6.58. The minimum absolute atomic E-state index is 0.0328. The second-order valence-corrected chi connectivity index (χ2v) is 8.53. The monoisotopic (exact) mass is 469 g/mol. The normalized spacial score (nSPS) is 15.0. The summed E-state index contributed by atoms with van der Waals surface area (Å²) >= 11 is 0. The fourth-order valence-corrected chi connectivity index (χ4v) is 3.85. The number of amides is 2. The minimum atomic E-state index is -1.14. The number of rotatable bonds is 10. The molecular weight excluding hydrogens is 438 g/mol. The Hall–Kier alpha value is -3.86. The molecule has 2 aromatic rings. The van der Waals surface area contributed by atoms with Gasteiger partial charge in [0, 0.05) is 43.7 Å². The van der Waals surface area contributed by atoms with Crippen LogP contribution in [0.2, 0.25) is 0 Å². The number of aryl methyl sites for hydroxylation is 1. The molecule has 1 aliphatic rings. The lowest BCUT2D eigenvalue weighted by molar-refractivity contribution is -0.141. The molecular formula is C23H31N7O4. The highest BCUT2D eigenvalue weighted by molar-refractivity contribution is 5.86. The van der Waals surface area contributed by atoms with Gasteiger partial charge in [-0.15, -0.1) is 0 Å². The van der Waals surface area contributed by atoms with Crippen molar-refractivity contribution < 1.29 is 19.5 Å². The molecule has 2 atom stereocenters. The Balaban J connectivity index is 1.43. The highest BCUT2D eigenvalue weighted by Gasteiger charge is 2.23. The van der Waals surface area contributed by atoms with E-state index in [1.165, 1.54) is 0 Å². The number of carbonyl (C=O) groups excluding carboxylic acids is 2. The molecule has 0 spiro atoms. The Bertz CT molecular complexity index is 1120. The lowest BCUT2D eigenvalue weighted by Gasteiger charge is -2.17. The maximum atomic E-state index is 12.3. The van der Waals surface area contributed by atoms with E-state index in [0.29, 0.717) is 25.2 Å². The van der Waals surface area contributed by atoms with Crippen LogP contribution < -0.4 is 22.1 Å². The van der Waals surface area contributed by atoms with E-state index in [0.717, 1.165) is 22.0 Å². The van der Waals surface area contributed by atoms with Gasteiger partial charge in [-0.25, -0.2) is 4.79 Å². The van der Waals surface area contributed by atoms with Gasteiger partial charge in [-0.3, -0.25) is 15.0 Å². The lowest BCUT2D eigenvalue weighted by atomic mass is 10.1. The average Bonchev–Trinajstić information content (AvgIpc) is 3.39. The second kappa shape index (κ2) is 10.8. The van der Waals surface area contributed by atoms with E-state index in [9.17, 15) is 19.5 Å². The molecule has 0 aliphatic carbocycles. The first kappa shape index (κ1) is 24.8. The number of fused-ring (bicyclic) bond motifs is 1. The van der Waals surface area contributed by atoms with Gasteiger partial charge in [-0.1, -0.05) is 23.8 Å². The van der Waals surface area contributed by atoms with E-state index in [1.54, 1.807) is 4.90 Å². The molecule has 0 saturated heterocycles. The molecule has 9 N–H and O–H groups in total. The quantitative estimate of drug-likeness (QED) is 0.144. The van der Waals surface area contributed by atoms with Crippen molar-refractivity contribution >= 4 is 34.6 Å². The maximum Gasteiger partial charge on any atom is 0.326 e. The Morgan fingerprint density at radius 1 is 1.26 bits per heavy atom. The van der Waals surface area contributed by atoms with Gasteiger partial charge in [-0.05, 0) is 36.4 Å². The maximum absolute atomic E-state index is 12.3. The summed E-state index contributed by atoms with van der Waals surface area (Å²) in [5.74, 6) is -2.06. The Morgan fingerprint density at radius 2 is 2.03 bits per heavy atom. The molecule has 11 heteroatoms. The molecule has 2 heterocycles. The third-order valence-electron chi connectivity index (χ3n) is 5.70. The summed E-state index contributed by atoms with van der Waals surface area (Å²) in [5, 5.41) is 23.1. The van der Waals surface area contributed by atoms with Crippen LogP contribution in [0.1, 0.15) is 24.1 Å². The summed E-state index contributed by atoms with van der Waals surface area (Å²) in [7, 11) is 0. The molecule has 3 rings (SSSR count). The van der Waals surface area contributed by atoms with Gasteiger partial charge >= 0.3 is 5.97 Å². The van der Waals surface area contributed by atoms with Crippen LogP contribution in [0.25, 0.3) is 10.9 Å². The van der Waals surface area contributed by atoms with Gasteiger partial charge in [0.15, 0.2) is 5.96 Å². The van der Waals surface area contributed by atoms with Crippen molar-refractivity contribution in [3.63, 3.8) is 0 Å². The Kier molecular flexibility index (Phi) is 7.90. The van der Waals surface area contributed by atoms with Crippen LogP contribution in [0.5, 0.6) is 0 Å². The van der Waals surface area contributed by atoms with E-state index in [2.05, 4.69) is 15.6 Å². The molecule has 34 heavy (non-hydrogen) atoms. The molecule has 0 saturated carbocycles. The van der Waals surface area contributed by atoms with E-state index >= 15 is 0 Å². The predicted octanol–water partition coefficient (Wildman–Crippen LogP) is -0.0526. The zero-order valence-corrected chi connectivity index (χ0v) is 19.1. The first-order chi connectivity index (χ1) is 16.1. The molecule has 1 aliphatic heterocycles. The summed E-state index contributed by atoms with van der Waals surface area (Å²) in [6, 6.07) is 5.88. The smallest absolute Gasteiger partial charge is 0.326 e. The topological polar surface area (TPSA) is 190 Å². The first-order valence-corrected chi connectivity index (χ1v) is 11.0. The van der Waals surface area contributed by atoms with Gasteiger partial charge in [0.1, 0.15) is 6.04 Å². The number of guanidine groups is 1. The van der Waals surface area contributed by atoms with Crippen molar-refractivity contribution in [2.24, 2.45) is 11.5 Å². The lowest BCUT2D eigenvalue weighted by Crippen LogP contribution is -2.45. The number of nitrogens with one attached hydrogen (secondary N) is 4. The highest BCUT2D eigenvalue weighted by atomic mass is 16.4. The number of benzene rings is 1. The van der Waals surface area contributed by atoms with Crippen LogP contribution in [-0.4, -0.2) is 70.5 Å². The highest BCUT2D eigenvalue weighted by Crippen LogP contribution is 2.18. The zero-order valence-electron chi connectivity index (χ0n) is 19.1. The van der Waals surface area contributed by atoms with E-state index < -0.39 is 29.9 Å². The molecule has 11 nitrogen and oxygen atoms in total. The third-order valence-corrected chi connectivity index (χ3v) is 5.70. The van der Waals surface area contributed by atoms with Crippen LogP contribution in [-0.2, 0) is 20.8 Å². The molecule has 2 unspecified atom stereocenters. The minimum Gasteiger partial charge on any atom is -0.480 e. The van der Waals surface area contributed by atoms with Gasteiger partial charge in [-0.2, -0.15) is 0 Å². The van der Waals surface area contributed by atoms with E-state index in [4.69, 9.17) is 16.9 Å². The second-order valence-electron chi connectivity index (χ2n) is 8.53. The fraction of sp³-hybridized carbons (Fsp3) is 0.391. The van der Waals surface area contributed by atoms with Crippen molar-refractivity contribution in [3.05, 3.63) is 47.2 Å². The van der Waals surface area contributed by atoms with Crippen molar-refractivity contribution in [1.29, 1.82) is 5.41 Å². The summed E-state index contributed by atoms with van der Waals surface area (Å²) < 4.78 is 0. The van der Waals surface area contributed by atoms with Gasteiger partial charge in [0.25, 0.3) is 0 Å². The number of H-pyrrole nitrogens is 1. The average molecular weight is 470 g/mol. The Labute approximate surface area is 197 Å². The largest absolute Gasteiger partial charge is 0.480 e. The van der Waals surface area contributed by atoms with Crippen LogP contribution in [0.15, 0.2) is 35.9 Å². The first-order valence-electron chi connectivity index (χ1n) is 11.0. The van der Waals surface area contributed by atoms with Crippen LogP contribution in [0.3, 0.4) is 0 Å². The molecule has 182 valence electrons. The number of aromatic amines is 1. The fourth-order valence-electron chi connectivity index (χ4n) is 3.85. The van der Waals surface area contributed by atoms with Crippen molar-refractivity contribution in [2.45, 2.75) is 38.3 Å². The van der Waals surface area contributed by atoms with Gasteiger partial charge in [0.05, 0.1) is 6.04 Å². The summed E-state index contributed by atoms with van der Waals surface area (Å²) in [6.45, 7) is 2.99. The molecule has 1 aromatic carbocycles. The number of carboxylic acids is 1. The van der Waals surface area contributed by atoms with E-state index in [1.807, 2.05) is 37.3 Å². The number of nitrogens with two attached hydrogens (primary N) is 2.